The molecule has 4 nitrogen and oxygen atoms in total. The lowest BCUT2D eigenvalue weighted by atomic mass is 9.87. The fraction of sp³-hybridized carbons (Fsp3) is 0.684. The first-order valence-corrected chi connectivity index (χ1v) is 8.68. The predicted octanol–water partition coefficient (Wildman–Crippen LogP) is 3.26. The van der Waals surface area contributed by atoms with Crippen LogP contribution in [0, 0.1) is 0 Å². The highest BCUT2D eigenvalue weighted by atomic mass is 16.5. The Kier molecular flexibility index (Phi) is 6.45. The monoisotopic (exact) mass is 320 g/mol. The predicted molar refractivity (Wildman–Crippen MR) is 95.8 cm³/mol. The van der Waals surface area contributed by atoms with Gasteiger partial charge in [-0.3, -0.25) is 5.32 Å². The van der Waals surface area contributed by atoms with Crippen LogP contribution < -0.4 is 10.6 Å². The Bertz CT molecular complexity index is 459. The number of rotatable bonds is 6. The summed E-state index contributed by atoms with van der Waals surface area (Å²) < 4.78 is 4.95. The van der Waals surface area contributed by atoms with E-state index in [2.05, 4.69) is 55.7 Å². The zero-order valence-corrected chi connectivity index (χ0v) is 14.9. The van der Waals surface area contributed by atoms with Gasteiger partial charge in [-0.05, 0) is 48.8 Å². The van der Waals surface area contributed by atoms with Crippen LogP contribution in [0.2, 0.25) is 0 Å². The SMILES string of the molecule is COCC(O)NC1CCC(Nc2ccc(C(C)(C)C)cc2)CC1. The summed E-state index contributed by atoms with van der Waals surface area (Å²) in [4.78, 5) is 0. The topological polar surface area (TPSA) is 53.5 Å². The summed E-state index contributed by atoms with van der Waals surface area (Å²) in [5.41, 5.74) is 2.77. The summed E-state index contributed by atoms with van der Waals surface area (Å²) in [5, 5.41) is 16.6. The molecular formula is C19H32N2O2. The third-order valence-corrected chi connectivity index (χ3v) is 4.60. The van der Waals surface area contributed by atoms with Gasteiger partial charge in [0.25, 0.3) is 0 Å². The van der Waals surface area contributed by atoms with Gasteiger partial charge >= 0.3 is 0 Å². The molecule has 0 aromatic heterocycles. The summed E-state index contributed by atoms with van der Waals surface area (Å²) in [7, 11) is 1.61. The molecule has 3 N–H and O–H groups in total. The summed E-state index contributed by atoms with van der Waals surface area (Å²) in [5.74, 6) is 0. The molecule has 1 fully saturated rings. The molecule has 0 heterocycles. The van der Waals surface area contributed by atoms with Crippen molar-refractivity contribution in [3.63, 3.8) is 0 Å². The number of ether oxygens (including phenoxy) is 1. The van der Waals surface area contributed by atoms with Gasteiger partial charge < -0.3 is 15.2 Å². The van der Waals surface area contributed by atoms with Crippen molar-refractivity contribution in [3.8, 4) is 0 Å². The summed E-state index contributed by atoms with van der Waals surface area (Å²) >= 11 is 0. The van der Waals surface area contributed by atoms with Gasteiger partial charge in [0.2, 0.25) is 0 Å². The van der Waals surface area contributed by atoms with E-state index in [0.29, 0.717) is 18.7 Å². The Morgan fingerprint density at radius 1 is 1.09 bits per heavy atom. The number of hydrogen-bond acceptors (Lipinski definition) is 4. The van der Waals surface area contributed by atoms with Gasteiger partial charge in [-0.1, -0.05) is 32.9 Å². The smallest absolute Gasteiger partial charge is 0.128 e. The van der Waals surface area contributed by atoms with Crippen LogP contribution in [0.3, 0.4) is 0 Å². The van der Waals surface area contributed by atoms with Crippen LogP contribution in [0.25, 0.3) is 0 Å². The number of aliphatic hydroxyl groups excluding tert-OH is 1. The largest absolute Gasteiger partial charge is 0.382 e. The van der Waals surface area contributed by atoms with Gasteiger partial charge in [-0.2, -0.15) is 0 Å². The summed E-state index contributed by atoms with van der Waals surface area (Å²) in [6, 6.07) is 9.72. The molecule has 0 bridgehead atoms. The molecule has 1 unspecified atom stereocenters. The number of anilines is 1. The van der Waals surface area contributed by atoms with Crippen molar-refractivity contribution in [2.45, 2.75) is 70.2 Å². The molecule has 0 radical (unpaired) electrons. The van der Waals surface area contributed by atoms with Crippen molar-refractivity contribution in [2.24, 2.45) is 0 Å². The lowest BCUT2D eigenvalue weighted by Crippen LogP contribution is -2.44. The van der Waals surface area contributed by atoms with Gasteiger partial charge in [0.15, 0.2) is 0 Å². The average molecular weight is 320 g/mol. The van der Waals surface area contributed by atoms with E-state index < -0.39 is 6.23 Å². The lowest BCUT2D eigenvalue weighted by Gasteiger charge is -2.31. The first-order valence-electron chi connectivity index (χ1n) is 8.68. The maximum atomic E-state index is 9.74. The first-order chi connectivity index (χ1) is 10.9. The number of hydrogen-bond donors (Lipinski definition) is 3. The molecule has 0 saturated heterocycles. The number of benzene rings is 1. The van der Waals surface area contributed by atoms with Crippen LogP contribution in [0.15, 0.2) is 24.3 Å². The highest BCUT2D eigenvalue weighted by molar-refractivity contribution is 5.46. The average Bonchev–Trinajstić information content (AvgIpc) is 2.49. The van der Waals surface area contributed by atoms with Crippen molar-refractivity contribution in [1.29, 1.82) is 0 Å². The Morgan fingerprint density at radius 2 is 1.65 bits per heavy atom. The van der Waals surface area contributed by atoms with Crippen molar-refractivity contribution in [3.05, 3.63) is 29.8 Å². The molecule has 1 aliphatic rings. The quantitative estimate of drug-likeness (QED) is 0.704. The van der Waals surface area contributed by atoms with E-state index in [1.54, 1.807) is 7.11 Å². The number of methoxy groups -OCH3 is 1. The third kappa shape index (κ3) is 5.79. The minimum Gasteiger partial charge on any atom is -0.382 e. The van der Waals surface area contributed by atoms with E-state index in [0.717, 1.165) is 25.7 Å². The Balaban J connectivity index is 1.78. The number of nitrogens with one attached hydrogen (secondary N) is 2. The molecule has 1 aromatic carbocycles. The molecule has 1 aromatic rings. The van der Waals surface area contributed by atoms with Crippen molar-refractivity contribution >= 4 is 5.69 Å². The minimum absolute atomic E-state index is 0.200. The van der Waals surface area contributed by atoms with Gasteiger partial charge in [0, 0.05) is 24.9 Å². The van der Waals surface area contributed by atoms with Crippen molar-refractivity contribution in [1.82, 2.24) is 5.32 Å². The number of aliphatic hydroxyl groups is 1. The first kappa shape index (κ1) is 18.2. The second-order valence-electron chi connectivity index (χ2n) is 7.66. The third-order valence-electron chi connectivity index (χ3n) is 4.60. The molecule has 0 aliphatic heterocycles. The van der Waals surface area contributed by atoms with Gasteiger partial charge in [-0.15, -0.1) is 0 Å². The summed E-state index contributed by atoms with van der Waals surface area (Å²) in [6.07, 6.45) is 3.85. The molecular weight excluding hydrogens is 288 g/mol. The van der Waals surface area contributed by atoms with Crippen molar-refractivity contribution in [2.75, 3.05) is 19.0 Å². The van der Waals surface area contributed by atoms with E-state index >= 15 is 0 Å². The van der Waals surface area contributed by atoms with Gasteiger partial charge in [-0.25, -0.2) is 0 Å². The van der Waals surface area contributed by atoms with Crippen LogP contribution >= 0.6 is 0 Å². The fourth-order valence-electron chi connectivity index (χ4n) is 3.18. The zero-order valence-electron chi connectivity index (χ0n) is 14.9. The van der Waals surface area contributed by atoms with Crippen LogP contribution in [-0.4, -0.2) is 37.1 Å². The molecule has 1 aliphatic carbocycles. The Morgan fingerprint density at radius 3 is 2.17 bits per heavy atom. The molecule has 2 rings (SSSR count). The maximum Gasteiger partial charge on any atom is 0.128 e. The molecule has 0 spiro atoms. The van der Waals surface area contributed by atoms with Crippen LogP contribution in [-0.2, 0) is 10.2 Å². The van der Waals surface area contributed by atoms with Gasteiger partial charge in [0.1, 0.15) is 6.23 Å². The lowest BCUT2D eigenvalue weighted by molar-refractivity contribution is 0.0305. The highest BCUT2D eigenvalue weighted by Gasteiger charge is 2.22. The molecule has 1 atom stereocenters. The second kappa shape index (κ2) is 8.13. The van der Waals surface area contributed by atoms with Crippen LogP contribution in [0.5, 0.6) is 0 Å². The standard InChI is InChI=1S/C19H32N2O2/c1-19(2,3)14-5-7-15(8-6-14)20-16-9-11-17(12-10-16)21-18(22)13-23-4/h5-8,16-18,20-22H,9-13H2,1-4H3. The van der Waals surface area contributed by atoms with Gasteiger partial charge in [0.05, 0.1) is 6.61 Å². The van der Waals surface area contributed by atoms with E-state index in [1.807, 2.05) is 0 Å². The van der Waals surface area contributed by atoms with E-state index in [1.165, 1.54) is 11.3 Å². The minimum atomic E-state index is -0.556. The Labute approximate surface area is 140 Å². The maximum absolute atomic E-state index is 9.74. The van der Waals surface area contributed by atoms with Crippen LogP contribution in [0.4, 0.5) is 5.69 Å². The zero-order chi connectivity index (χ0) is 16.9. The molecule has 0 amide bonds. The molecule has 1 saturated carbocycles. The van der Waals surface area contributed by atoms with Crippen molar-refractivity contribution < 1.29 is 9.84 Å². The molecule has 23 heavy (non-hydrogen) atoms. The summed E-state index contributed by atoms with van der Waals surface area (Å²) in [6.45, 7) is 7.06. The molecule has 4 heteroatoms. The Hall–Kier alpha value is -1.10. The highest BCUT2D eigenvalue weighted by Crippen LogP contribution is 2.26. The van der Waals surface area contributed by atoms with Crippen LogP contribution in [0.1, 0.15) is 52.0 Å². The second-order valence-corrected chi connectivity index (χ2v) is 7.66. The molecule has 130 valence electrons. The van der Waals surface area contributed by atoms with E-state index in [-0.39, 0.29) is 5.41 Å². The normalized spacial score (nSPS) is 23.5. The van der Waals surface area contributed by atoms with E-state index in [4.69, 9.17) is 4.74 Å². The fourth-order valence-corrected chi connectivity index (χ4v) is 3.18. The van der Waals surface area contributed by atoms with E-state index in [9.17, 15) is 5.11 Å².